The minimum atomic E-state index is -0.708. The van der Waals surface area contributed by atoms with Crippen LogP contribution in [0.5, 0.6) is 0 Å². The fourth-order valence-corrected chi connectivity index (χ4v) is 3.51. The van der Waals surface area contributed by atoms with Gasteiger partial charge in [0.05, 0.1) is 9.89 Å². The van der Waals surface area contributed by atoms with E-state index in [1.165, 1.54) is 12.5 Å². The number of carbonyl (C=O) groups is 1. The van der Waals surface area contributed by atoms with Crippen LogP contribution in [0.4, 0.5) is 4.39 Å². The van der Waals surface area contributed by atoms with E-state index < -0.39 is 11.4 Å². The topological polar surface area (TPSA) is 37.3 Å². The zero-order valence-electron chi connectivity index (χ0n) is 11.5. The van der Waals surface area contributed by atoms with Crippen molar-refractivity contribution in [1.29, 1.82) is 0 Å². The van der Waals surface area contributed by atoms with Gasteiger partial charge < -0.3 is 5.11 Å². The van der Waals surface area contributed by atoms with Crippen molar-refractivity contribution in [3.05, 3.63) is 34.1 Å². The second-order valence-electron chi connectivity index (χ2n) is 5.78. The molecule has 4 heteroatoms. The lowest BCUT2D eigenvalue weighted by Crippen LogP contribution is -2.34. The average Bonchev–Trinajstić information content (AvgIpc) is 2.37. The van der Waals surface area contributed by atoms with E-state index in [2.05, 4.69) is 15.9 Å². The molecule has 0 saturated heterocycles. The highest BCUT2D eigenvalue weighted by molar-refractivity contribution is 9.10. The Balaban J connectivity index is 2.22. The Hall–Kier alpha value is -0.900. The zero-order valence-corrected chi connectivity index (χ0v) is 13.1. The third kappa shape index (κ3) is 3.60. The maximum atomic E-state index is 13.3. The maximum absolute atomic E-state index is 13.3. The van der Waals surface area contributed by atoms with Crippen LogP contribution in [0.25, 0.3) is 0 Å². The van der Waals surface area contributed by atoms with Gasteiger partial charge in [-0.3, -0.25) is 4.79 Å². The van der Waals surface area contributed by atoms with Crippen LogP contribution in [0.1, 0.15) is 50.5 Å². The summed E-state index contributed by atoms with van der Waals surface area (Å²) in [4.78, 5) is 11.8. The third-order valence-electron chi connectivity index (χ3n) is 4.29. The van der Waals surface area contributed by atoms with Crippen LogP contribution in [0.15, 0.2) is 22.7 Å². The smallest absolute Gasteiger partial charge is 0.309 e. The number of hydrogen-bond donors (Lipinski definition) is 1. The van der Waals surface area contributed by atoms with E-state index >= 15 is 0 Å². The predicted molar refractivity (Wildman–Crippen MR) is 80.2 cm³/mol. The third-order valence-corrected chi connectivity index (χ3v) is 4.90. The second-order valence-corrected chi connectivity index (χ2v) is 6.63. The SMILES string of the molecule is O=C(O)C1(Cc2ccc(F)c(Br)c2)CCCCCCC1. The van der Waals surface area contributed by atoms with Gasteiger partial charge in [-0.15, -0.1) is 0 Å². The van der Waals surface area contributed by atoms with Crippen LogP contribution >= 0.6 is 15.9 Å². The first-order valence-corrected chi connectivity index (χ1v) is 8.00. The highest BCUT2D eigenvalue weighted by atomic mass is 79.9. The molecule has 1 fully saturated rings. The fourth-order valence-electron chi connectivity index (χ4n) is 3.09. The van der Waals surface area contributed by atoms with Crippen molar-refractivity contribution < 1.29 is 14.3 Å². The minimum absolute atomic E-state index is 0.309. The lowest BCUT2D eigenvalue weighted by Gasteiger charge is -2.31. The van der Waals surface area contributed by atoms with E-state index in [0.717, 1.165) is 44.1 Å². The molecule has 0 atom stereocenters. The van der Waals surface area contributed by atoms with Gasteiger partial charge in [0.1, 0.15) is 5.82 Å². The molecule has 0 heterocycles. The Morgan fingerprint density at radius 1 is 1.20 bits per heavy atom. The van der Waals surface area contributed by atoms with E-state index in [9.17, 15) is 14.3 Å². The molecule has 1 aromatic carbocycles. The van der Waals surface area contributed by atoms with Crippen molar-refractivity contribution >= 4 is 21.9 Å². The number of halogens is 2. The molecule has 0 amide bonds. The van der Waals surface area contributed by atoms with Gasteiger partial charge in [-0.25, -0.2) is 4.39 Å². The van der Waals surface area contributed by atoms with Gasteiger partial charge >= 0.3 is 5.97 Å². The molecule has 1 aliphatic carbocycles. The Kier molecular flexibility index (Phi) is 5.19. The molecule has 0 aliphatic heterocycles. The van der Waals surface area contributed by atoms with E-state index in [0.29, 0.717) is 10.9 Å². The molecule has 0 radical (unpaired) electrons. The lowest BCUT2D eigenvalue weighted by molar-refractivity contribution is -0.150. The van der Waals surface area contributed by atoms with E-state index in [-0.39, 0.29) is 5.82 Å². The fraction of sp³-hybridized carbons (Fsp3) is 0.562. The van der Waals surface area contributed by atoms with Crippen LogP contribution in [-0.2, 0) is 11.2 Å². The highest BCUT2D eigenvalue weighted by Gasteiger charge is 2.38. The molecule has 1 aromatic rings. The summed E-state index contributed by atoms with van der Waals surface area (Å²) < 4.78 is 13.7. The molecule has 20 heavy (non-hydrogen) atoms. The first kappa shape index (κ1) is 15.5. The lowest BCUT2D eigenvalue weighted by atomic mass is 9.72. The molecule has 1 saturated carbocycles. The van der Waals surface area contributed by atoms with Crippen LogP contribution in [0.2, 0.25) is 0 Å². The van der Waals surface area contributed by atoms with Crippen molar-refractivity contribution in [3.8, 4) is 0 Å². The number of carboxylic acid groups (broad SMARTS) is 1. The Morgan fingerprint density at radius 3 is 2.35 bits per heavy atom. The normalized spacial score (nSPS) is 19.1. The summed E-state index contributed by atoms with van der Waals surface area (Å²) in [6, 6.07) is 4.81. The van der Waals surface area contributed by atoms with Crippen molar-refractivity contribution in [3.63, 3.8) is 0 Å². The van der Waals surface area contributed by atoms with Gasteiger partial charge in [0.2, 0.25) is 0 Å². The van der Waals surface area contributed by atoms with Crippen LogP contribution in [0, 0.1) is 11.2 Å². The summed E-state index contributed by atoms with van der Waals surface area (Å²) in [5.41, 5.74) is 0.207. The molecule has 110 valence electrons. The Bertz CT molecular complexity index is 479. The summed E-state index contributed by atoms with van der Waals surface area (Å²) in [5.74, 6) is -1.02. The quantitative estimate of drug-likeness (QED) is 0.843. The number of aliphatic carboxylic acids is 1. The van der Waals surface area contributed by atoms with Gasteiger partial charge in [-0.05, 0) is 52.9 Å². The van der Waals surface area contributed by atoms with Crippen molar-refractivity contribution in [2.45, 2.75) is 51.4 Å². The highest BCUT2D eigenvalue weighted by Crippen LogP contribution is 2.38. The number of rotatable bonds is 3. The zero-order chi connectivity index (χ0) is 14.6. The summed E-state index contributed by atoms with van der Waals surface area (Å²) in [6.07, 6.45) is 7.29. The Labute approximate surface area is 127 Å². The van der Waals surface area contributed by atoms with Crippen molar-refractivity contribution in [2.75, 3.05) is 0 Å². The van der Waals surface area contributed by atoms with Gasteiger partial charge in [0, 0.05) is 0 Å². The van der Waals surface area contributed by atoms with Gasteiger partial charge in [-0.1, -0.05) is 38.2 Å². The molecule has 0 spiro atoms. The van der Waals surface area contributed by atoms with Crippen LogP contribution in [-0.4, -0.2) is 11.1 Å². The largest absolute Gasteiger partial charge is 0.481 e. The monoisotopic (exact) mass is 342 g/mol. The molecular weight excluding hydrogens is 323 g/mol. The summed E-state index contributed by atoms with van der Waals surface area (Å²) in [7, 11) is 0. The molecule has 2 rings (SSSR count). The summed E-state index contributed by atoms with van der Waals surface area (Å²) in [6.45, 7) is 0. The van der Waals surface area contributed by atoms with E-state index in [1.807, 2.05) is 0 Å². The molecule has 1 N–H and O–H groups in total. The molecule has 0 bridgehead atoms. The van der Waals surface area contributed by atoms with Gasteiger partial charge in [0.15, 0.2) is 0 Å². The van der Waals surface area contributed by atoms with Gasteiger partial charge in [0.25, 0.3) is 0 Å². The molecule has 0 unspecified atom stereocenters. The summed E-state index contributed by atoms with van der Waals surface area (Å²) >= 11 is 3.17. The van der Waals surface area contributed by atoms with Crippen molar-refractivity contribution in [1.82, 2.24) is 0 Å². The number of hydrogen-bond acceptors (Lipinski definition) is 1. The minimum Gasteiger partial charge on any atom is -0.481 e. The maximum Gasteiger partial charge on any atom is 0.309 e. The van der Waals surface area contributed by atoms with E-state index in [1.54, 1.807) is 12.1 Å². The first-order valence-electron chi connectivity index (χ1n) is 7.21. The number of carboxylic acids is 1. The van der Waals surface area contributed by atoms with Crippen LogP contribution < -0.4 is 0 Å². The molecule has 0 aromatic heterocycles. The van der Waals surface area contributed by atoms with Crippen LogP contribution in [0.3, 0.4) is 0 Å². The molecule has 2 nitrogen and oxygen atoms in total. The average molecular weight is 343 g/mol. The Morgan fingerprint density at radius 2 is 1.80 bits per heavy atom. The molecular formula is C16H20BrFO2. The summed E-state index contributed by atoms with van der Waals surface area (Å²) in [5, 5.41) is 9.71. The number of benzene rings is 1. The first-order chi connectivity index (χ1) is 9.53. The van der Waals surface area contributed by atoms with E-state index in [4.69, 9.17) is 0 Å². The molecule has 1 aliphatic rings. The standard InChI is InChI=1S/C16H20BrFO2/c17-13-10-12(6-7-14(13)18)11-16(15(19)20)8-4-2-1-3-5-9-16/h6-7,10H,1-5,8-9,11H2,(H,19,20). The second kappa shape index (κ2) is 6.70. The predicted octanol–water partition coefficient (Wildman–Crippen LogP) is 4.95. The van der Waals surface area contributed by atoms with Gasteiger partial charge in [-0.2, -0.15) is 0 Å². The van der Waals surface area contributed by atoms with Crippen molar-refractivity contribution in [2.24, 2.45) is 5.41 Å².